The van der Waals surface area contributed by atoms with E-state index < -0.39 is 0 Å². The van der Waals surface area contributed by atoms with Crippen molar-refractivity contribution in [2.24, 2.45) is 16.3 Å². The number of nitrogens with zero attached hydrogens (tertiary/aromatic N) is 1. The van der Waals surface area contributed by atoms with Crippen molar-refractivity contribution in [2.45, 2.75) is 136 Å². The smallest absolute Gasteiger partial charge is 0.0662 e. The molecule has 0 saturated carbocycles. The lowest BCUT2D eigenvalue weighted by Gasteiger charge is -2.38. The van der Waals surface area contributed by atoms with Gasteiger partial charge < -0.3 is 0 Å². The summed E-state index contributed by atoms with van der Waals surface area (Å²) in [7, 11) is 0. The third-order valence-electron chi connectivity index (χ3n) is 15.9. The lowest BCUT2D eigenvalue weighted by molar-refractivity contribution is 0.341. The molecule has 0 N–H and O–H groups in total. The minimum absolute atomic E-state index is 0.0412. The van der Waals surface area contributed by atoms with Crippen LogP contribution in [0.1, 0.15) is 156 Å². The first-order valence-corrected chi connectivity index (χ1v) is 24.4. The van der Waals surface area contributed by atoms with Gasteiger partial charge in [-0.3, -0.25) is 4.99 Å². The van der Waals surface area contributed by atoms with Crippen LogP contribution in [-0.2, 0) is 24.7 Å². The molecule has 4 aliphatic carbocycles. The van der Waals surface area contributed by atoms with E-state index >= 15 is 0 Å². The Kier molecular flexibility index (Phi) is 12.2. The number of aryl methyl sites for hydroxylation is 2. The molecule has 9 rings (SSSR count). The molecule has 0 radical (unpaired) electrons. The number of hydrogen-bond acceptors (Lipinski definition) is 1. The molecule has 4 aromatic carbocycles. The van der Waals surface area contributed by atoms with Crippen molar-refractivity contribution >= 4 is 17.0 Å². The second-order valence-electron chi connectivity index (χ2n) is 19.6. The SMILES string of the molecule is C=C1c2ccc(C3CC=C(c4cccc(CC(CC5=CCC6C(=C5)C(C)(C)c5ccc(CCCC)cc56)C5=C=C=CC=C5)c4)N=C3CC)cc2-c2ccccc2CCC1(CC)CC. The number of benzene rings is 4. The van der Waals surface area contributed by atoms with E-state index in [4.69, 9.17) is 11.6 Å². The quantitative estimate of drug-likeness (QED) is 0.119. The summed E-state index contributed by atoms with van der Waals surface area (Å²) in [6.45, 7) is 18.9. The Balaban J connectivity index is 0.965. The van der Waals surface area contributed by atoms with E-state index in [2.05, 4.69) is 168 Å². The van der Waals surface area contributed by atoms with Crippen LogP contribution in [0.5, 0.6) is 0 Å². The predicted molar refractivity (Wildman–Crippen MR) is 269 cm³/mol. The second-order valence-corrected chi connectivity index (χ2v) is 19.6. The molecule has 0 saturated heterocycles. The Labute approximate surface area is 379 Å². The van der Waals surface area contributed by atoms with Gasteiger partial charge in [0.2, 0.25) is 0 Å². The standard InChI is InChI=1S/C62H67N/c1-8-12-19-43-27-32-57-56(39-43)54-29-26-45(40-58(54)61(57,6)7)38-50(46-21-14-13-15-22-46)37-44-20-18-24-49(36-44)60-33-31-53(59(9-2)63-60)48-28-30-51-42(5)62(10-3,11-4)35-34-47-23-16-17-25-52(47)55(51)41-48/h13-14,16-18,20-21,23-28,30,32-33,36,39-41,50,53-54H,5,8-12,19,29,31,34-35,37-38H2,1-4,6-7H3. The average molecular weight is 826 g/mol. The fraction of sp³-hybridized carbons (Fsp3) is 0.371. The van der Waals surface area contributed by atoms with E-state index in [1.807, 2.05) is 6.08 Å². The van der Waals surface area contributed by atoms with Gasteiger partial charge in [0.1, 0.15) is 0 Å². The van der Waals surface area contributed by atoms with Crippen LogP contribution in [0.25, 0.3) is 22.4 Å². The highest BCUT2D eigenvalue weighted by Crippen LogP contribution is 2.54. The van der Waals surface area contributed by atoms with E-state index in [1.54, 1.807) is 11.1 Å². The number of rotatable bonds is 13. The van der Waals surface area contributed by atoms with Crippen molar-refractivity contribution in [3.05, 3.63) is 201 Å². The maximum absolute atomic E-state index is 5.47. The second kappa shape index (κ2) is 18.0. The van der Waals surface area contributed by atoms with Gasteiger partial charge in [-0.25, -0.2) is 0 Å². The molecule has 1 heteroatoms. The lowest BCUT2D eigenvalue weighted by atomic mass is 9.66. The van der Waals surface area contributed by atoms with Crippen LogP contribution in [0.2, 0.25) is 0 Å². The van der Waals surface area contributed by atoms with Crippen molar-refractivity contribution in [2.75, 3.05) is 0 Å². The Hall–Kier alpha value is -5.45. The lowest BCUT2D eigenvalue weighted by Crippen LogP contribution is -2.23. The molecule has 3 atom stereocenters. The molecule has 1 nitrogen and oxygen atoms in total. The van der Waals surface area contributed by atoms with Crippen LogP contribution < -0.4 is 0 Å². The molecule has 3 unspecified atom stereocenters. The van der Waals surface area contributed by atoms with Gasteiger partial charge in [0, 0.05) is 34.1 Å². The molecule has 0 fully saturated rings. The Morgan fingerprint density at radius 1 is 0.810 bits per heavy atom. The summed E-state index contributed by atoms with van der Waals surface area (Å²) in [5, 5.41) is 0. The van der Waals surface area contributed by atoms with Gasteiger partial charge in [-0.05, 0) is 162 Å². The van der Waals surface area contributed by atoms with Crippen molar-refractivity contribution < 1.29 is 0 Å². The van der Waals surface area contributed by atoms with Gasteiger partial charge in [0.25, 0.3) is 0 Å². The zero-order chi connectivity index (χ0) is 43.7. The van der Waals surface area contributed by atoms with Crippen LogP contribution in [0, 0.1) is 11.3 Å². The van der Waals surface area contributed by atoms with Crippen LogP contribution in [0.4, 0.5) is 0 Å². The van der Waals surface area contributed by atoms with Crippen molar-refractivity contribution in [3.63, 3.8) is 0 Å². The molecule has 0 aromatic heterocycles. The minimum atomic E-state index is 0.0412. The fourth-order valence-electron chi connectivity index (χ4n) is 11.9. The highest BCUT2D eigenvalue weighted by atomic mass is 14.8. The third-order valence-corrected chi connectivity index (χ3v) is 15.9. The molecule has 4 aromatic rings. The summed E-state index contributed by atoms with van der Waals surface area (Å²) < 4.78 is 0. The Morgan fingerprint density at radius 3 is 2.44 bits per heavy atom. The summed E-state index contributed by atoms with van der Waals surface area (Å²) in [6.07, 6.45) is 26.9. The first-order chi connectivity index (χ1) is 30.7. The normalized spacial score (nSPS) is 20.8. The molecule has 320 valence electrons. The van der Waals surface area contributed by atoms with Crippen molar-refractivity contribution in [1.29, 1.82) is 0 Å². The van der Waals surface area contributed by atoms with Crippen molar-refractivity contribution in [3.8, 4) is 11.1 Å². The van der Waals surface area contributed by atoms with E-state index in [0.29, 0.717) is 11.8 Å². The maximum atomic E-state index is 5.47. The van der Waals surface area contributed by atoms with E-state index in [-0.39, 0.29) is 16.7 Å². The molecular weight excluding hydrogens is 759 g/mol. The molecule has 0 bridgehead atoms. The molecule has 1 aliphatic heterocycles. The number of allylic oxidation sites excluding steroid dienone is 10. The third kappa shape index (κ3) is 8.17. The van der Waals surface area contributed by atoms with Gasteiger partial charge in [0.15, 0.2) is 0 Å². The molecular formula is C62H67N. The number of unbranched alkanes of at least 4 members (excludes halogenated alkanes) is 1. The predicted octanol–water partition coefficient (Wildman–Crippen LogP) is 16.5. The van der Waals surface area contributed by atoms with Gasteiger partial charge in [0.05, 0.1) is 5.70 Å². The summed E-state index contributed by atoms with van der Waals surface area (Å²) in [6, 6.07) is 32.9. The first-order valence-electron chi connectivity index (χ1n) is 24.4. The summed E-state index contributed by atoms with van der Waals surface area (Å²) in [4.78, 5) is 5.47. The van der Waals surface area contributed by atoms with Gasteiger partial charge in [-0.2, -0.15) is 0 Å². The van der Waals surface area contributed by atoms with E-state index in [9.17, 15) is 0 Å². The molecule has 0 amide bonds. The maximum Gasteiger partial charge on any atom is 0.0662 e. The molecule has 5 aliphatic rings. The number of fused-ring (bicyclic) bond motifs is 6. The Bertz CT molecular complexity index is 2700. The van der Waals surface area contributed by atoms with E-state index in [0.717, 1.165) is 63.5 Å². The molecule has 1 heterocycles. The summed E-state index contributed by atoms with van der Waals surface area (Å²) in [5.41, 5.74) is 28.9. The van der Waals surface area contributed by atoms with Crippen LogP contribution in [0.3, 0.4) is 0 Å². The van der Waals surface area contributed by atoms with E-state index in [1.165, 1.54) is 91.8 Å². The average Bonchev–Trinajstić information content (AvgIpc) is 3.55. The number of aliphatic imine (C=N–C) groups is 1. The van der Waals surface area contributed by atoms with Crippen LogP contribution >= 0.6 is 0 Å². The van der Waals surface area contributed by atoms with Gasteiger partial charge in [-0.1, -0.05) is 174 Å². The van der Waals surface area contributed by atoms with Gasteiger partial charge in [-0.15, -0.1) is 0 Å². The first kappa shape index (κ1) is 42.8. The topological polar surface area (TPSA) is 12.4 Å². The summed E-state index contributed by atoms with van der Waals surface area (Å²) >= 11 is 0. The van der Waals surface area contributed by atoms with Crippen LogP contribution in [0.15, 0.2) is 161 Å². The van der Waals surface area contributed by atoms with Crippen LogP contribution in [-0.4, -0.2) is 5.71 Å². The Morgan fingerprint density at radius 2 is 1.65 bits per heavy atom. The minimum Gasteiger partial charge on any atom is -0.257 e. The fourth-order valence-corrected chi connectivity index (χ4v) is 11.9. The highest BCUT2D eigenvalue weighted by molar-refractivity contribution is 5.97. The van der Waals surface area contributed by atoms with Gasteiger partial charge >= 0.3 is 0 Å². The molecule has 0 spiro atoms. The highest BCUT2D eigenvalue weighted by Gasteiger charge is 2.42. The summed E-state index contributed by atoms with van der Waals surface area (Å²) in [5.74, 6) is 1.04. The monoisotopic (exact) mass is 826 g/mol. The van der Waals surface area contributed by atoms with Crippen molar-refractivity contribution in [1.82, 2.24) is 0 Å². The molecule has 63 heavy (non-hydrogen) atoms. The largest absolute Gasteiger partial charge is 0.257 e. The zero-order valence-corrected chi connectivity index (χ0v) is 38.9. The zero-order valence-electron chi connectivity index (χ0n) is 38.9. The number of hydrogen-bond donors (Lipinski definition) is 0.